The molecule has 2 saturated heterocycles. The molecule has 3 rings (SSSR count). The molecule has 104 valence electrons. The summed E-state index contributed by atoms with van der Waals surface area (Å²) in [7, 11) is 0. The third-order valence-electron chi connectivity index (χ3n) is 4.51. The third-order valence-corrected chi connectivity index (χ3v) is 5.10. The van der Waals surface area contributed by atoms with Crippen molar-refractivity contribution in [3.05, 3.63) is 33.8 Å². The first kappa shape index (κ1) is 13.7. The van der Waals surface area contributed by atoms with E-state index in [4.69, 9.17) is 23.2 Å². The van der Waals surface area contributed by atoms with Crippen molar-refractivity contribution in [3.8, 4) is 0 Å². The molecule has 0 aliphatic carbocycles. The lowest BCUT2D eigenvalue weighted by molar-refractivity contribution is -0.0353. The normalized spacial score (nSPS) is 31.4. The molecule has 2 aliphatic rings. The smallest absolute Gasteiger partial charge is 0.0715 e. The zero-order chi connectivity index (χ0) is 13.5. The molecule has 0 amide bonds. The number of hydrogen-bond donors (Lipinski definition) is 1. The fourth-order valence-electron chi connectivity index (χ4n) is 3.49. The molecule has 0 radical (unpaired) electrons. The van der Waals surface area contributed by atoms with E-state index >= 15 is 0 Å². The Bertz CT molecular complexity index is 479. The van der Waals surface area contributed by atoms with Crippen molar-refractivity contribution in [2.75, 3.05) is 13.1 Å². The zero-order valence-electron chi connectivity index (χ0n) is 10.9. The summed E-state index contributed by atoms with van der Waals surface area (Å²) >= 11 is 12.1. The predicted octanol–water partition coefficient (Wildman–Crippen LogP) is 3.53. The summed E-state index contributed by atoms with van der Waals surface area (Å²) in [5.74, 6) is 0. The molecule has 2 heterocycles. The van der Waals surface area contributed by atoms with E-state index in [0.29, 0.717) is 22.5 Å². The summed E-state index contributed by atoms with van der Waals surface area (Å²) in [5.41, 5.74) is 0.392. The highest BCUT2D eigenvalue weighted by atomic mass is 35.5. The molecule has 2 aliphatic heterocycles. The summed E-state index contributed by atoms with van der Waals surface area (Å²) in [6.07, 6.45) is 4.82. The van der Waals surface area contributed by atoms with Crippen LogP contribution in [0.5, 0.6) is 0 Å². The van der Waals surface area contributed by atoms with Crippen LogP contribution in [0.15, 0.2) is 18.2 Å². The third kappa shape index (κ3) is 2.92. The molecular weight excluding hydrogens is 281 g/mol. The van der Waals surface area contributed by atoms with Crippen LogP contribution in [-0.2, 0) is 6.42 Å². The van der Waals surface area contributed by atoms with E-state index in [1.807, 2.05) is 12.1 Å². The Hall–Kier alpha value is -0.280. The summed E-state index contributed by atoms with van der Waals surface area (Å²) in [5, 5.41) is 12.2. The van der Waals surface area contributed by atoms with Gasteiger partial charge in [-0.1, -0.05) is 29.3 Å². The summed E-state index contributed by atoms with van der Waals surface area (Å²) in [6.45, 7) is 2.20. The van der Waals surface area contributed by atoms with Crippen LogP contribution < -0.4 is 0 Å². The topological polar surface area (TPSA) is 23.5 Å². The van der Waals surface area contributed by atoms with Gasteiger partial charge in [-0.15, -0.1) is 0 Å². The minimum atomic E-state index is -0.608. The minimum Gasteiger partial charge on any atom is -0.389 e. The average molecular weight is 300 g/mol. The van der Waals surface area contributed by atoms with Gasteiger partial charge >= 0.3 is 0 Å². The lowest BCUT2D eigenvalue weighted by Crippen LogP contribution is -2.48. The highest BCUT2D eigenvalue weighted by molar-refractivity contribution is 6.35. The van der Waals surface area contributed by atoms with Gasteiger partial charge in [0.2, 0.25) is 0 Å². The molecule has 2 fully saturated rings. The van der Waals surface area contributed by atoms with Gasteiger partial charge in [0.25, 0.3) is 0 Å². The highest BCUT2D eigenvalue weighted by Crippen LogP contribution is 2.36. The van der Waals surface area contributed by atoms with E-state index in [0.717, 1.165) is 24.9 Å². The molecular formula is C15H19Cl2NO. The molecule has 2 atom stereocenters. The van der Waals surface area contributed by atoms with Crippen LogP contribution in [0, 0.1) is 0 Å². The van der Waals surface area contributed by atoms with Crippen molar-refractivity contribution >= 4 is 23.2 Å². The zero-order valence-corrected chi connectivity index (χ0v) is 12.4. The molecule has 0 saturated carbocycles. The number of halogens is 2. The number of hydrogen-bond acceptors (Lipinski definition) is 2. The first-order chi connectivity index (χ1) is 9.06. The minimum absolute atomic E-state index is 0.560. The molecule has 2 unspecified atom stereocenters. The first-order valence-electron chi connectivity index (χ1n) is 6.96. The van der Waals surface area contributed by atoms with Gasteiger partial charge in [-0.25, -0.2) is 0 Å². The van der Waals surface area contributed by atoms with Crippen molar-refractivity contribution in [2.24, 2.45) is 0 Å². The number of fused-ring (bicyclic) bond motifs is 1. The van der Waals surface area contributed by atoms with Gasteiger partial charge in [0.1, 0.15) is 0 Å². The lowest BCUT2D eigenvalue weighted by Gasteiger charge is -2.41. The average Bonchev–Trinajstić information content (AvgIpc) is 2.79. The molecule has 0 spiro atoms. The van der Waals surface area contributed by atoms with Gasteiger partial charge in [-0.3, -0.25) is 0 Å². The molecule has 0 aromatic heterocycles. The van der Waals surface area contributed by atoms with Gasteiger partial charge in [0.15, 0.2) is 0 Å². The largest absolute Gasteiger partial charge is 0.389 e. The molecule has 1 aromatic rings. The van der Waals surface area contributed by atoms with Crippen molar-refractivity contribution < 1.29 is 5.11 Å². The van der Waals surface area contributed by atoms with E-state index < -0.39 is 5.60 Å². The SMILES string of the molecule is OC1(Cc2ccc(Cl)cc2Cl)CCN2CCCC2C1. The monoisotopic (exact) mass is 299 g/mol. The molecule has 1 N–H and O–H groups in total. The molecule has 2 nitrogen and oxygen atoms in total. The Balaban J connectivity index is 1.74. The van der Waals surface area contributed by atoms with Gasteiger partial charge in [0, 0.05) is 29.1 Å². The summed E-state index contributed by atoms with van der Waals surface area (Å²) in [4.78, 5) is 2.51. The van der Waals surface area contributed by atoms with Crippen LogP contribution >= 0.6 is 23.2 Å². The van der Waals surface area contributed by atoms with E-state index in [9.17, 15) is 5.11 Å². The maximum Gasteiger partial charge on any atom is 0.0715 e. The molecule has 19 heavy (non-hydrogen) atoms. The summed E-state index contributed by atoms with van der Waals surface area (Å²) in [6, 6.07) is 6.09. The van der Waals surface area contributed by atoms with Crippen molar-refractivity contribution in [1.29, 1.82) is 0 Å². The van der Waals surface area contributed by atoms with Crippen molar-refractivity contribution in [1.82, 2.24) is 4.90 Å². The number of benzene rings is 1. The molecule has 0 bridgehead atoms. The van der Waals surface area contributed by atoms with Crippen molar-refractivity contribution in [2.45, 2.75) is 43.7 Å². The van der Waals surface area contributed by atoms with Crippen molar-refractivity contribution in [3.63, 3.8) is 0 Å². The van der Waals surface area contributed by atoms with Gasteiger partial charge in [-0.2, -0.15) is 0 Å². The van der Waals surface area contributed by atoms with E-state index in [-0.39, 0.29) is 0 Å². The second-order valence-corrected chi connectivity index (χ2v) is 6.77. The van der Waals surface area contributed by atoms with Crippen LogP contribution in [-0.4, -0.2) is 34.7 Å². The first-order valence-corrected chi connectivity index (χ1v) is 7.72. The van der Waals surface area contributed by atoms with Gasteiger partial charge in [-0.05, 0) is 49.9 Å². The standard InChI is InChI=1S/C15H19Cl2NO/c16-12-4-3-11(14(17)8-12)9-15(19)5-7-18-6-1-2-13(18)10-15/h3-4,8,13,19H,1-2,5-7,9-10H2. The Kier molecular flexibility index (Phi) is 3.78. The fraction of sp³-hybridized carbons (Fsp3) is 0.600. The lowest BCUT2D eigenvalue weighted by atomic mass is 9.82. The second-order valence-electron chi connectivity index (χ2n) is 5.92. The maximum absolute atomic E-state index is 10.8. The van der Waals surface area contributed by atoms with Crippen LogP contribution in [0.1, 0.15) is 31.2 Å². The Morgan fingerprint density at radius 2 is 2.16 bits per heavy atom. The van der Waals surface area contributed by atoms with E-state index in [1.165, 1.54) is 19.4 Å². The Morgan fingerprint density at radius 1 is 1.32 bits per heavy atom. The number of aliphatic hydroxyl groups is 1. The van der Waals surface area contributed by atoms with Crippen LogP contribution in [0.3, 0.4) is 0 Å². The highest BCUT2D eigenvalue weighted by Gasteiger charge is 2.40. The second kappa shape index (κ2) is 5.25. The van der Waals surface area contributed by atoms with Crippen LogP contribution in [0.25, 0.3) is 0 Å². The van der Waals surface area contributed by atoms with E-state index in [1.54, 1.807) is 6.07 Å². The number of piperidine rings is 1. The van der Waals surface area contributed by atoms with E-state index in [2.05, 4.69) is 4.90 Å². The number of rotatable bonds is 2. The van der Waals surface area contributed by atoms with Crippen LogP contribution in [0.4, 0.5) is 0 Å². The Morgan fingerprint density at radius 3 is 2.95 bits per heavy atom. The maximum atomic E-state index is 10.8. The molecule has 4 heteroatoms. The number of nitrogens with zero attached hydrogens (tertiary/aromatic N) is 1. The Labute approximate surface area is 124 Å². The fourth-order valence-corrected chi connectivity index (χ4v) is 3.97. The summed E-state index contributed by atoms with van der Waals surface area (Å²) < 4.78 is 0. The van der Waals surface area contributed by atoms with Gasteiger partial charge in [0.05, 0.1) is 5.60 Å². The molecule has 1 aromatic carbocycles. The predicted molar refractivity (Wildman–Crippen MR) is 78.9 cm³/mol. The van der Waals surface area contributed by atoms with Crippen LogP contribution in [0.2, 0.25) is 10.0 Å². The quantitative estimate of drug-likeness (QED) is 0.903. The van der Waals surface area contributed by atoms with Gasteiger partial charge < -0.3 is 10.0 Å².